The lowest BCUT2D eigenvalue weighted by Gasteiger charge is -1.63. The molecule has 0 aromatic rings. The zero-order valence-corrected chi connectivity index (χ0v) is 3.00. The summed E-state index contributed by atoms with van der Waals surface area (Å²) in [4.78, 5) is 0. The second kappa shape index (κ2) is 3.56. The normalized spacial score (nSPS) is 35.5. The summed E-state index contributed by atoms with van der Waals surface area (Å²) in [6, 6.07) is 0. The lowest BCUT2D eigenvalue weighted by molar-refractivity contribution is 2.13. The van der Waals surface area contributed by atoms with Crippen LogP contribution in [0.15, 0.2) is 0 Å². The summed E-state index contributed by atoms with van der Waals surface area (Å²) in [7, 11) is 2.72. The molecule has 0 bridgehead atoms. The SMILES string of the molecule is [2H]B(P([2H])[3H])C([3H])([3H])[B]. The molecule has 0 spiro atoms. The molecule has 0 aromatic carbocycles. The van der Waals surface area contributed by atoms with Gasteiger partial charge in [-0.25, -0.2) is 0 Å². The molecule has 1 unspecified atom stereocenters. The Hall–Kier alpha value is 0.560. The first-order valence-electron chi connectivity index (χ1n) is 3.31. The van der Waals surface area contributed by atoms with Gasteiger partial charge in [-0.2, -0.15) is 9.01 Å². The van der Waals surface area contributed by atoms with Gasteiger partial charge in [0, 0.05) is 5.30 Å². The first-order valence-corrected chi connectivity index (χ1v) is 1.35. The van der Waals surface area contributed by atoms with E-state index in [1.807, 2.05) is 0 Å². The van der Waals surface area contributed by atoms with E-state index >= 15 is 0 Å². The maximum atomic E-state index is 6.83. The van der Waals surface area contributed by atoms with Gasteiger partial charge in [-0.15, -0.1) is 6.17 Å². The van der Waals surface area contributed by atoms with Crippen LogP contribution in [0.5, 0.6) is 0 Å². The standard InChI is InChI=1S/CH5B2P/c2-1-3-4/h3H,1,4H2/i1T2,3D,4TD. The van der Waals surface area contributed by atoms with Crippen molar-refractivity contribution in [2.45, 2.75) is 6.17 Å². The first-order chi connectivity index (χ1) is 3.85. The van der Waals surface area contributed by atoms with Gasteiger partial charge in [0.05, 0.1) is 7.85 Å². The summed E-state index contributed by atoms with van der Waals surface area (Å²) in [6.07, 6.45) is -2.20. The van der Waals surface area contributed by atoms with Crippen LogP contribution in [-0.2, 0) is 0 Å². The monoisotopic (exact) mass is 78.1 g/mol. The van der Waals surface area contributed by atoms with Gasteiger partial charge in [-0.3, -0.25) is 0 Å². The summed E-state index contributed by atoms with van der Waals surface area (Å²) in [5.74, 6) is 0. The lowest BCUT2D eigenvalue weighted by atomic mass is 9.86. The molecule has 0 fully saturated rings. The summed E-state index contributed by atoms with van der Waals surface area (Å²) in [5, 5.41) is 0. The van der Waals surface area contributed by atoms with E-state index in [-0.39, 0.29) is 0 Å². The second-order valence-corrected chi connectivity index (χ2v) is 0.554. The maximum Gasteiger partial charge on any atom is 0.136 e. The van der Waals surface area contributed by atoms with Crippen LogP contribution in [0.4, 0.5) is 0 Å². The van der Waals surface area contributed by atoms with Crippen LogP contribution < -0.4 is 0 Å². The highest BCUT2D eigenvalue weighted by Crippen LogP contribution is 1.73. The molecule has 0 aliphatic rings. The Morgan fingerprint density at radius 3 is 4.25 bits per heavy atom. The third kappa shape index (κ3) is 2.56. The van der Waals surface area contributed by atoms with Gasteiger partial charge in [-0.1, -0.05) is 0 Å². The van der Waals surface area contributed by atoms with Crippen molar-refractivity contribution < 1.29 is 2.74 Å². The highest BCUT2D eigenvalue weighted by molar-refractivity contribution is 7.56. The largest absolute Gasteiger partial charge is 0.175 e. The van der Waals surface area contributed by atoms with Gasteiger partial charge in [0.25, 0.3) is 0 Å². The lowest BCUT2D eigenvalue weighted by Crippen LogP contribution is -1.67. The molecule has 0 amide bonds. The van der Waals surface area contributed by atoms with Crippen molar-refractivity contribution in [3.05, 3.63) is 0 Å². The van der Waals surface area contributed by atoms with E-state index in [2.05, 4.69) is 0 Å². The summed E-state index contributed by atoms with van der Waals surface area (Å²) >= 11 is 0. The Labute approximate surface area is 37.9 Å². The third-order valence-electron chi connectivity index (χ3n) is 0.0745. The molecule has 0 saturated heterocycles. The van der Waals surface area contributed by atoms with Crippen molar-refractivity contribution >= 4 is 23.8 Å². The van der Waals surface area contributed by atoms with E-state index in [1.54, 1.807) is 0 Å². The van der Waals surface area contributed by atoms with E-state index < -0.39 is 22.1 Å². The van der Waals surface area contributed by atoms with Crippen molar-refractivity contribution in [2.75, 3.05) is 0 Å². The van der Waals surface area contributed by atoms with Crippen LogP contribution in [-0.4, -0.2) is 18.7 Å². The van der Waals surface area contributed by atoms with Gasteiger partial charge in [0.2, 0.25) is 0 Å². The van der Waals surface area contributed by atoms with E-state index in [0.29, 0.717) is 0 Å². The molecule has 0 aliphatic heterocycles. The number of hydrogen-bond donors (Lipinski definition) is 0. The minimum Gasteiger partial charge on any atom is -0.175 e. The predicted octanol–water partition coefficient (Wildman–Crippen LogP) is -0.243. The molecule has 3 heteroatoms. The average molecular weight is 77.7 g/mol. The van der Waals surface area contributed by atoms with Gasteiger partial charge in [0.1, 0.15) is 6.96 Å². The van der Waals surface area contributed by atoms with Gasteiger partial charge < -0.3 is 0 Å². The van der Waals surface area contributed by atoms with Crippen molar-refractivity contribution in [1.29, 1.82) is 3.89 Å². The molecular formula is CH5B2P. The minimum atomic E-state index is -2.20. The first kappa shape index (κ1) is 0.789. The molecule has 0 nitrogen and oxygen atoms in total. The van der Waals surface area contributed by atoms with Crippen LogP contribution in [0.2, 0.25) is 6.17 Å². The Balaban J connectivity index is 3.88. The zero-order valence-electron chi connectivity index (χ0n) is 7.10. The van der Waals surface area contributed by atoms with Crippen molar-refractivity contribution in [3.63, 3.8) is 0 Å². The maximum absolute atomic E-state index is 6.83. The fourth-order valence-corrected chi connectivity index (χ4v) is 0. The van der Waals surface area contributed by atoms with Crippen LogP contribution in [0, 0.1) is 0 Å². The van der Waals surface area contributed by atoms with Crippen molar-refractivity contribution in [3.8, 4) is 0 Å². The summed E-state index contributed by atoms with van der Waals surface area (Å²) in [6.45, 7) is -1.42. The van der Waals surface area contributed by atoms with E-state index in [0.717, 1.165) is 0 Å². The Morgan fingerprint density at radius 2 is 4.25 bits per heavy atom. The predicted molar refractivity (Wildman–Crippen MR) is 27.4 cm³/mol. The van der Waals surface area contributed by atoms with E-state index in [4.69, 9.17) is 14.5 Å². The Bertz CT molecular complexity index is 89.4. The highest BCUT2D eigenvalue weighted by Gasteiger charge is 1.62. The van der Waals surface area contributed by atoms with Crippen LogP contribution in [0.25, 0.3) is 0 Å². The van der Waals surface area contributed by atoms with Crippen LogP contribution in [0.1, 0.15) is 2.74 Å². The minimum absolute atomic E-state index is 1.42. The fraction of sp³-hybridized carbons (Fsp3) is 1.00. The van der Waals surface area contributed by atoms with Crippen LogP contribution >= 0.6 is 9.01 Å². The Morgan fingerprint density at radius 1 is 3.50 bits per heavy atom. The fourth-order valence-electron chi connectivity index (χ4n) is 0. The van der Waals surface area contributed by atoms with Crippen molar-refractivity contribution in [1.82, 2.24) is 0 Å². The average Bonchev–Trinajstić information content (AvgIpc) is 1.62. The molecule has 0 N–H and O–H groups in total. The molecule has 0 saturated carbocycles. The molecule has 0 heterocycles. The second-order valence-electron chi connectivity index (χ2n) is 0.296. The number of rotatable bonds is 2. The molecule has 4 heavy (non-hydrogen) atoms. The molecule has 20 valence electrons. The van der Waals surface area contributed by atoms with E-state index in [1.165, 1.54) is 0 Å². The molecule has 2 radical (unpaired) electrons. The van der Waals surface area contributed by atoms with E-state index in [9.17, 15) is 0 Å². The van der Waals surface area contributed by atoms with Crippen LogP contribution in [0.3, 0.4) is 0 Å². The molecular weight excluding hydrogens is 64.6 g/mol. The zero-order chi connectivity index (χ0) is 7.65. The topological polar surface area (TPSA) is 0 Å². The number of hydrogen-bond acceptors (Lipinski definition) is 0. The highest BCUT2D eigenvalue weighted by atomic mass is 31.0. The van der Waals surface area contributed by atoms with Gasteiger partial charge in [0.15, 0.2) is 0 Å². The summed E-state index contributed by atoms with van der Waals surface area (Å²) < 4.78 is 33.6. The Kier molecular flexibility index (Phi) is 0.702. The molecule has 0 rings (SSSR count). The third-order valence-corrected chi connectivity index (χ3v) is 0.224. The van der Waals surface area contributed by atoms with Gasteiger partial charge >= 0.3 is 0 Å². The molecule has 0 aliphatic carbocycles. The molecule has 0 aromatic heterocycles. The smallest absolute Gasteiger partial charge is 0.136 e. The quantitative estimate of drug-likeness (QED) is 0.315. The molecule has 1 atom stereocenters. The van der Waals surface area contributed by atoms with Gasteiger partial charge in [-0.05, 0) is 1.34 Å². The van der Waals surface area contributed by atoms with Crippen molar-refractivity contribution in [2.24, 2.45) is 0 Å². The summed E-state index contributed by atoms with van der Waals surface area (Å²) in [5.41, 5.74) is 0.